The zero-order valence-corrected chi connectivity index (χ0v) is 15.6. The van der Waals surface area contributed by atoms with Gasteiger partial charge in [-0.05, 0) is 29.8 Å². The molecule has 1 unspecified atom stereocenters. The highest BCUT2D eigenvalue weighted by molar-refractivity contribution is 14.1. The molecule has 0 bridgehead atoms. The molecule has 1 atom stereocenters. The van der Waals surface area contributed by atoms with Crippen LogP contribution in [0.25, 0.3) is 0 Å². The van der Waals surface area contributed by atoms with Crippen LogP contribution in [0.3, 0.4) is 0 Å². The molecule has 0 amide bonds. The summed E-state index contributed by atoms with van der Waals surface area (Å²) in [4.78, 5) is 11.2. The van der Waals surface area contributed by atoms with Crippen LogP contribution in [-0.2, 0) is 6.54 Å². The molecule has 0 radical (unpaired) electrons. The maximum atomic E-state index is 5.98. The Balaban J connectivity index is 1.85. The summed E-state index contributed by atoms with van der Waals surface area (Å²) in [5.41, 5.74) is 2.27. The van der Waals surface area contributed by atoms with Crippen LogP contribution in [0.5, 0.6) is 0 Å². The molecule has 0 spiro atoms. The zero-order chi connectivity index (χ0) is 15.4. The highest BCUT2D eigenvalue weighted by atomic mass is 127. The number of pyridine rings is 1. The van der Waals surface area contributed by atoms with Crippen molar-refractivity contribution in [1.82, 2.24) is 4.98 Å². The molecule has 22 heavy (non-hydrogen) atoms. The number of hydrogen-bond acceptors (Lipinski definition) is 4. The maximum Gasteiger partial charge on any atom is 0.164 e. The number of anilines is 1. The van der Waals surface area contributed by atoms with E-state index < -0.39 is 0 Å². The Morgan fingerprint density at radius 2 is 2.09 bits per heavy atom. The number of alkyl halides is 1. The second-order valence-corrected chi connectivity index (χ2v) is 7.53. The first kappa shape index (κ1) is 16.1. The van der Waals surface area contributed by atoms with Gasteiger partial charge in [-0.15, -0.1) is 0 Å². The molecule has 114 valence electrons. The fourth-order valence-electron chi connectivity index (χ4n) is 2.19. The average Bonchev–Trinajstić information content (AvgIpc) is 3.04. The molecule has 3 rings (SSSR count). The molecule has 1 aromatic heterocycles. The fourth-order valence-corrected chi connectivity index (χ4v) is 4.09. The van der Waals surface area contributed by atoms with Crippen molar-refractivity contribution in [3.8, 4) is 0 Å². The Labute approximate surface area is 153 Å². The van der Waals surface area contributed by atoms with E-state index in [-0.39, 0.29) is 0 Å². The number of aliphatic imine (C=N–C) groups is 1. The van der Waals surface area contributed by atoms with Crippen LogP contribution in [0.15, 0.2) is 53.8 Å². The Morgan fingerprint density at radius 3 is 2.73 bits per heavy atom. The van der Waals surface area contributed by atoms with Gasteiger partial charge in [0.15, 0.2) is 5.17 Å². The predicted molar refractivity (Wildman–Crippen MR) is 104 cm³/mol. The molecule has 0 saturated carbocycles. The van der Waals surface area contributed by atoms with E-state index in [1.807, 2.05) is 36.2 Å². The molecule has 0 saturated heterocycles. The van der Waals surface area contributed by atoms with Gasteiger partial charge < -0.3 is 4.90 Å². The molecule has 2 aromatic rings. The lowest BCUT2D eigenvalue weighted by Crippen LogP contribution is -2.27. The van der Waals surface area contributed by atoms with Gasteiger partial charge in [-0.3, -0.25) is 9.98 Å². The van der Waals surface area contributed by atoms with Crippen molar-refractivity contribution in [2.75, 3.05) is 15.9 Å². The van der Waals surface area contributed by atoms with Gasteiger partial charge in [0, 0.05) is 20.9 Å². The minimum atomic E-state index is 0.569. The van der Waals surface area contributed by atoms with E-state index in [1.165, 1.54) is 5.56 Å². The summed E-state index contributed by atoms with van der Waals surface area (Å²) in [6, 6.07) is 12.0. The van der Waals surface area contributed by atoms with Crippen molar-refractivity contribution >= 4 is 56.8 Å². The monoisotopic (exact) mass is 443 g/mol. The molecule has 1 aromatic carbocycles. The SMILES string of the molecule is Clc1ccc(CN(C2=NCC(CI)S2)c2cccnc2)cc1. The topological polar surface area (TPSA) is 28.5 Å². The molecule has 3 nitrogen and oxygen atoms in total. The van der Waals surface area contributed by atoms with Crippen molar-refractivity contribution in [1.29, 1.82) is 0 Å². The van der Waals surface area contributed by atoms with Crippen molar-refractivity contribution in [3.05, 3.63) is 59.4 Å². The molecule has 0 aliphatic carbocycles. The molecule has 0 N–H and O–H groups in total. The first-order chi connectivity index (χ1) is 10.8. The van der Waals surface area contributed by atoms with E-state index in [9.17, 15) is 0 Å². The van der Waals surface area contributed by atoms with E-state index in [4.69, 9.17) is 16.6 Å². The molecule has 6 heteroatoms. The number of hydrogen-bond donors (Lipinski definition) is 0. The van der Waals surface area contributed by atoms with E-state index in [1.54, 1.807) is 6.20 Å². The van der Waals surface area contributed by atoms with Gasteiger partial charge in [-0.25, -0.2) is 0 Å². The summed E-state index contributed by atoms with van der Waals surface area (Å²) in [6.45, 7) is 1.66. The third-order valence-corrected chi connectivity index (χ3v) is 6.44. The summed E-state index contributed by atoms with van der Waals surface area (Å²) >= 11 is 10.3. The highest BCUT2D eigenvalue weighted by Gasteiger charge is 2.24. The zero-order valence-electron chi connectivity index (χ0n) is 11.8. The summed E-state index contributed by atoms with van der Waals surface area (Å²) in [6.07, 6.45) is 3.68. The number of halogens is 2. The number of benzene rings is 1. The van der Waals surface area contributed by atoms with Crippen LogP contribution in [0, 0.1) is 0 Å². The first-order valence-electron chi connectivity index (χ1n) is 6.95. The summed E-state index contributed by atoms with van der Waals surface area (Å²) in [7, 11) is 0. The summed E-state index contributed by atoms with van der Waals surface area (Å²) in [5, 5.41) is 2.40. The van der Waals surface area contributed by atoms with Gasteiger partial charge in [0.2, 0.25) is 0 Å². The second-order valence-electron chi connectivity index (χ2n) is 4.94. The Hall–Kier alpha value is -0.790. The second kappa shape index (κ2) is 7.66. The highest BCUT2D eigenvalue weighted by Crippen LogP contribution is 2.29. The Bertz CT molecular complexity index is 648. The van der Waals surface area contributed by atoms with Crippen LogP contribution in [0.2, 0.25) is 5.02 Å². The molecular weight excluding hydrogens is 429 g/mol. The van der Waals surface area contributed by atoms with E-state index in [2.05, 4.69) is 50.7 Å². The van der Waals surface area contributed by atoms with Crippen molar-refractivity contribution in [2.24, 2.45) is 4.99 Å². The molecule has 1 aliphatic heterocycles. The Kier molecular flexibility index (Phi) is 5.60. The third-order valence-electron chi connectivity index (χ3n) is 3.32. The van der Waals surface area contributed by atoms with Crippen LogP contribution >= 0.6 is 46.0 Å². The molecule has 2 heterocycles. The summed E-state index contributed by atoms with van der Waals surface area (Å²) < 4.78 is 1.11. The molecule has 0 fully saturated rings. The lowest BCUT2D eigenvalue weighted by molar-refractivity contribution is 0.973. The quantitative estimate of drug-likeness (QED) is 0.509. The Morgan fingerprint density at radius 1 is 1.27 bits per heavy atom. The summed E-state index contributed by atoms with van der Waals surface area (Å²) in [5.74, 6) is 0. The van der Waals surface area contributed by atoms with Gasteiger partial charge in [0.25, 0.3) is 0 Å². The van der Waals surface area contributed by atoms with E-state index >= 15 is 0 Å². The van der Waals surface area contributed by atoms with Gasteiger partial charge in [-0.1, -0.05) is 58.1 Å². The number of aromatic nitrogens is 1. The molecular formula is C16H15ClIN3S. The number of thioether (sulfide) groups is 1. The van der Waals surface area contributed by atoms with Crippen LogP contribution in [0.1, 0.15) is 5.56 Å². The largest absolute Gasteiger partial charge is 0.315 e. The fraction of sp³-hybridized carbons (Fsp3) is 0.250. The van der Waals surface area contributed by atoms with Gasteiger partial charge >= 0.3 is 0 Å². The van der Waals surface area contributed by atoms with E-state index in [0.29, 0.717) is 5.25 Å². The van der Waals surface area contributed by atoms with Crippen LogP contribution < -0.4 is 4.90 Å². The number of nitrogens with zero attached hydrogens (tertiary/aromatic N) is 3. The minimum absolute atomic E-state index is 0.569. The normalized spacial score (nSPS) is 17.4. The third kappa shape index (κ3) is 3.94. The van der Waals surface area contributed by atoms with E-state index in [0.717, 1.165) is 33.4 Å². The van der Waals surface area contributed by atoms with Crippen LogP contribution in [0.4, 0.5) is 5.69 Å². The first-order valence-corrected chi connectivity index (χ1v) is 9.73. The molecule has 1 aliphatic rings. The van der Waals surface area contributed by atoms with Crippen LogP contribution in [-0.4, -0.2) is 26.4 Å². The number of rotatable bonds is 4. The van der Waals surface area contributed by atoms with Gasteiger partial charge in [-0.2, -0.15) is 0 Å². The van der Waals surface area contributed by atoms with Crippen molar-refractivity contribution in [2.45, 2.75) is 11.8 Å². The number of amidine groups is 1. The minimum Gasteiger partial charge on any atom is -0.315 e. The standard InChI is InChI=1S/C16H15ClIN3S/c17-13-5-3-12(4-6-13)11-21(14-2-1-7-19-9-14)16-20-10-15(8-18)22-16/h1-7,9,15H,8,10-11H2. The smallest absolute Gasteiger partial charge is 0.164 e. The van der Waals surface area contributed by atoms with Gasteiger partial charge in [0.05, 0.1) is 25.0 Å². The predicted octanol–water partition coefficient (Wildman–Crippen LogP) is 4.65. The van der Waals surface area contributed by atoms with Crippen molar-refractivity contribution < 1.29 is 0 Å². The lowest BCUT2D eigenvalue weighted by atomic mass is 10.2. The van der Waals surface area contributed by atoms with Gasteiger partial charge in [0.1, 0.15) is 0 Å². The van der Waals surface area contributed by atoms with Crippen molar-refractivity contribution in [3.63, 3.8) is 0 Å². The lowest BCUT2D eigenvalue weighted by Gasteiger charge is -2.24. The maximum absolute atomic E-state index is 5.98. The average molecular weight is 444 g/mol.